The van der Waals surface area contributed by atoms with Gasteiger partial charge in [0, 0.05) is 18.2 Å². The molecule has 0 saturated carbocycles. The lowest BCUT2D eigenvalue weighted by atomic mass is 10.1. The van der Waals surface area contributed by atoms with Crippen LogP contribution in [0.25, 0.3) is 0 Å². The molecule has 1 aliphatic rings. The van der Waals surface area contributed by atoms with Gasteiger partial charge in [-0.3, -0.25) is 32.7 Å². The molecule has 3 N–H and O–H groups in total. The molecule has 0 bridgehead atoms. The molecule has 1 aromatic heterocycles. The van der Waals surface area contributed by atoms with Crippen LogP contribution in [-0.4, -0.2) is 50.8 Å². The van der Waals surface area contributed by atoms with Crippen LogP contribution in [0.1, 0.15) is 120 Å². The second-order valence-electron chi connectivity index (χ2n) is 15.0. The third-order valence-electron chi connectivity index (χ3n) is 9.60. The van der Waals surface area contributed by atoms with Gasteiger partial charge in [0.25, 0.3) is 5.56 Å². The summed E-state index contributed by atoms with van der Waals surface area (Å²) < 4.78 is 86.7. The van der Waals surface area contributed by atoms with Crippen molar-refractivity contribution in [2.75, 3.05) is 13.2 Å². The Labute approximate surface area is 377 Å². The van der Waals surface area contributed by atoms with Crippen molar-refractivity contribution >= 4 is 35.6 Å². The third kappa shape index (κ3) is 20.2. The summed E-state index contributed by atoms with van der Waals surface area (Å²) in [5.74, 6) is -0.153. The summed E-state index contributed by atoms with van der Waals surface area (Å²) in [5.41, 5.74) is -0.547. The normalized spacial score (nSPS) is 17.5. The summed E-state index contributed by atoms with van der Waals surface area (Å²) >= 11 is 0. The van der Waals surface area contributed by atoms with Crippen molar-refractivity contribution in [3.05, 3.63) is 104 Å². The predicted molar refractivity (Wildman–Crippen MR) is 236 cm³/mol. The fraction of sp³-hybridized carbons (Fsp3) is 0.524. The van der Waals surface area contributed by atoms with Crippen LogP contribution in [0.5, 0.6) is 11.5 Å². The number of nitrogens with zero attached hydrogens (tertiary/aromatic N) is 1. The van der Waals surface area contributed by atoms with Crippen molar-refractivity contribution in [3.8, 4) is 11.5 Å². The van der Waals surface area contributed by atoms with Crippen molar-refractivity contribution in [3.63, 3.8) is 0 Å². The van der Waals surface area contributed by atoms with E-state index in [9.17, 15) is 42.7 Å². The predicted octanol–water partition coefficient (Wildman–Crippen LogP) is 9.62. The first kappa shape index (κ1) is 53.6. The number of hydrogen-bond donors (Lipinski definition) is 3. The van der Waals surface area contributed by atoms with Crippen molar-refractivity contribution in [1.29, 1.82) is 0 Å². The molecule has 3 unspecified atom stereocenters. The number of aromatic nitrogens is 2. The fourth-order valence-electron chi connectivity index (χ4n) is 6.11. The van der Waals surface area contributed by atoms with Crippen LogP contribution < -0.4 is 20.7 Å². The average molecular weight is 973 g/mol. The topological polar surface area (TPSA) is 264 Å². The zero-order valence-corrected chi connectivity index (χ0v) is 39.4. The number of esters is 1. The van der Waals surface area contributed by atoms with E-state index in [4.69, 9.17) is 36.8 Å². The van der Waals surface area contributed by atoms with E-state index in [1.165, 1.54) is 125 Å². The van der Waals surface area contributed by atoms with Crippen LogP contribution in [0.4, 0.5) is 4.79 Å². The molecule has 0 radical (unpaired) electrons. The Morgan fingerprint density at radius 2 is 1.25 bits per heavy atom. The molecule has 3 aromatic rings. The molecular weight excluding hydrogens is 913 g/mol. The number of rotatable bonds is 30. The number of unbranched alkanes of at least 4 members (excludes halogenated alkanes) is 11. The van der Waals surface area contributed by atoms with Gasteiger partial charge < -0.3 is 28.7 Å². The van der Waals surface area contributed by atoms with E-state index in [2.05, 4.69) is 16.2 Å². The van der Waals surface area contributed by atoms with Gasteiger partial charge >= 0.3 is 41.3 Å². The van der Waals surface area contributed by atoms with Gasteiger partial charge in [-0.05, 0) is 54.8 Å². The molecule has 2 aromatic carbocycles. The SMILES string of the molecule is CCCCCCCCCCCCCCOC(=O)Oc1ccc(COP(=O)(OCc2ccc(OC(=O)CC)cc2)OP(=O)(O)OP(=O)(O)OC[C@@H]2C=C[C@H](n3cc(C)c(=O)[nH]c3=O)O2)cc1. The standard InChI is InChI=1S/C42H59N2O18P3/c1-4-6-7-8-9-10-11-12-13-14-15-16-27-54-42(48)60-36-23-19-34(20-24-36)30-57-65(53,56-29-33-17-21-35(22-18-33)59-39(45)5-2)62-64(51,52)61-63(49,50)55-31-37-25-26-38(58-37)44-28-32(3)40(46)43-41(44)47/h17-26,28,37-38H,4-16,27,29-31H2,1-3H3,(H,49,50)(H,51,52)(H,43,46,47)/t37-,38+,65?/m0/s1. The molecule has 0 amide bonds. The summed E-state index contributed by atoms with van der Waals surface area (Å²) in [4.78, 5) is 70.8. The monoisotopic (exact) mass is 972 g/mol. The highest BCUT2D eigenvalue weighted by Gasteiger charge is 2.44. The highest BCUT2D eigenvalue weighted by atomic mass is 31.3. The summed E-state index contributed by atoms with van der Waals surface area (Å²) in [6.45, 7) is 3.63. The van der Waals surface area contributed by atoms with Crippen LogP contribution >= 0.6 is 23.5 Å². The number of phosphoric ester groups is 2. The highest BCUT2D eigenvalue weighted by molar-refractivity contribution is 7.67. The molecule has 360 valence electrons. The van der Waals surface area contributed by atoms with E-state index in [-0.39, 0.29) is 30.1 Å². The second kappa shape index (κ2) is 26.9. The van der Waals surface area contributed by atoms with Crippen LogP contribution in [0, 0.1) is 6.92 Å². The molecule has 0 spiro atoms. The minimum atomic E-state index is -5.81. The van der Waals surface area contributed by atoms with Gasteiger partial charge in [0.1, 0.15) is 17.6 Å². The Morgan fingerprint density at radius 3 is 1.80 bits per heavy atom. The van der Waals surface area contributed by atoms with Gasteiger partial charge in [0.2, 0.25) is 0 Å². The molecule has 0 fully saturated rings. The molecule has 5 atom stereocenters. The number of carbonyl (C=O) groups excluding carboxylic acids is 2. The zero-order chi connectivity index (χ0) is 47.3. The van der Waals surface area contributed by atoms with E-state index >= 15 is 0 Å². The first-order valence-corrected chi connectivity index (χ1v) is 25.9. The molecular formula is C42H59N2O18P3. The maximum Gasteiger partial charge on any atom is 0.513 e. The van der Waals surface area contributed by atoms with Crippen LogP contribution in [0.2, 0.25) is 0 Å². The number of aromatic amines is 1. The van der Waals surface area contributed by atoms with Gasteiger partial charge in [-0.25, -0.2) is 23.3 Å². The summed E-state index contributed by atoms with van der Waals surface area (Å²) in [6, 6.07) is 11.4. The smallest absolute Gasteiger partial charge is 0.434 e. The van der Waals surface area contributed by atoms with Crippen LogP contribution in [0.3, 0.4) is 0 Å². The number of hydrogen-bond acceptors (Lipinski definition) is 16. The average Bonchev–Trinajstić information content (AvgIpc) is 3.74. The quantitative estimate of drug-likeness (QED) is 0.0140. The molecule has 23 heteroatoms. The van der Waals surface area contributed by atoms with Crippen molar-refractivity contribution in [1.82, 2.24) is 9.55 Å². The summed E-state index contributed by atoms with van der Waals surface area (Å²) in [6.07, 6.45) is 15.2. The Balaban J connectivity index is 1.28. The number of carbonyl (C=O) groups is 2. The van der Waals surface area contributed by atoms with Gasteiger partial charge in [0.15, 0.2) is 6.23 Å². The number of phosphoric acid groups is 3. The summed E-state index contributed by atoms with van der Waals surface area (Å²) in [7, 11) is -16.5. The van der Waals surface area contributed by atoms with E-state index in [1.54, 1.807) is 6.92 Å². The third-order valence-corrected chi connectivity index (χ3v) is 14.2. The largest absolute Gasteiger partial charge is 0.513 e. The van der Waals surface area contributed by atoms with Gasteiger partial charge in [-0.1, -0.05) is 115 Å². The minimum Gasteiger partial charge on any atom is -0.434 e. The second-order valence-corrected chi connectivity index (χ2v) is 19.9. The van der Waals surface area contributed by atoms with Crippen LogP contribution in [-0.2, 0) is 63.4 Å². The van der Waals surface area contributed by atoms with Crippen molar-refractivity contribution in [2.24, 2.45) is 0 Å². The number of nitrogens with one attached hydrogen (secondary N) is 1. The molecule has 0 aliphatic carbocycles. The molecule has 4 rings (SSSR count). The maximum absolute atomic E-state index is 13.9. The van der Waals surface area contributed by atoms with E-state index in [0.29, 0.717) is 17.5 Å². The van der Waals surface area contributed by atoms with Gasteiger partial charge in [-0.2, -0.15) is 8.62 Å². The molecule has 20 nitrogen and oxygen atoms in total. The lowest BCUT2D eigenvalue weighted by Crippen LogP contribution is -2.33. The Hall–Kier alpha value is -4.03. The van der Waals surface area contributed by atoms with Gasteiger partial charge in [-0.15, -0.1) is 0 Å². The number of aryl methyl sites for hydroxylation is 1. The number of H-pyrrole nitrogens is 1. The first-order valence-electron chi connectivity index (χ1n) is 21.5. The number of benzene rings is 2. The lowest BCUT2D eigenvalue weighted by Gasteiger charge is -2.22. The molecule has 65 heavy (non-hydrogen) atoms. The Morgan fingerprint density at radius 1 is 0.708 bits per heavy atom. The molecule has 1 aliphatic heterocycles. The Kier molecular flexibility index (Phi) is 22.2. The Bertz CT molecular complexity index is 2260. The highest BCUT2D eigenvalue weighted by Crippen LogP contribution is 2.69. The van der Waals surface area contributed by atoms with E-state index < -0.39 is 79.0 Å². The molecule has 0 saturated heterocycles. The van der Waals surface area contributed by atoms with E-state index in [1.807, 2.05) is 0 Å². The first-order chi connectivity index (χ1) is 31.0. The summed E-state index contributed by atoms with van der Waals surface area (Å²) in [5, 5.41) is 0. The van der Waals surface area contributed by atoms with Crippen molar-refractivity contribution < 1.29 is 74.2 Å². The fourth-order valence-corrected chi connectivity index (χ4v) is 10.1. The van der Waals surface area contributed by atoms with Crippen molar-refractivity contribution in [2.45, 2.75) is 130 Å². The van der Waals surface area contributed by atoms with Crippen LogP contribution in [0.15, 0.2) is 76.5 Å². The van der Waals surface area contributed by atoms with Gasteiger partial charge in [0.05, 0.1) is 26.4 Å². The number of ether oxygens (including phenoxy) is 4. The lowest BCUT2D eigenvalue weighted by molar-refractivity contribution is -0.134. The maximum atomic E-state index is 13.9. The minimum absolute atomic E-state index is 0.124. The molecule has 2 heterocycles. The van der Waals surface area contributed by atoms with E-state index in [0.717, 1.165) is 23.8 Å². The zero-order valence-electron chi connectivity index (χ0n) is 36.7.